The highest BCUT2D eigenvalue weighted by molar-refractivity contribution is 5.84. The minimum atomic E-state index is -0.103. The SMILES string of the molecule is CCNC(=NCC(=O)NCc1ccc(OC)cc1)NCC(C)(C)N1CCCCC1. The molecule has 0 bridgehead atoms. The van der Waals surface area contributed by atoms with E-state index in [1.54, 1.807) is 7.11 Å². The van der Waals surface area contributed by atoms with Crippen LogP contribution in [0.1, 0.15) is 45.6 Å². The van der Waals surface area contributed by atoms with Crippen molar-refractivity contribution in [2.75, 3.05) is 39.8 Å². The summed E-state index contributed by atoms with van der Waals surface area (Å²) in [6.07, 6.45) is 3.87. The molecule has 1 fully saturated rings. The molecule has 29 heavy (non-hydrogen) atoms. The van der Waals surface area contributed by atoms with Crippen LogP contribution in [0.2, 0.25) is 0 Å². The molecule has 1 aromatic carbocycles. The minimum Gasteiger partial charge on any atom is -0.497 e. The standard InChI is InChI=1S/C22H37N5O2/c1-5-23-21(26-17-22(2,3)27-13-7-6-8-14-27)25-16-20(28)24-15-18-9-11-19(29-4)12-10-18/h9-12H,5-8,13-17H2,1-4H3,(H,24,28)(H2,23,25,26). The predicted molar refractivity (Wildman–Crippen MR) is 118 cm³/mol. The van der Waals surface area contributed by atoms with Gasteiger partial charge in [0, 0.05) is 25.2 Å². The zero-order chi connectivity index (χ0) is 21.1. The van der Waals surface area contributed by atoms with E-state index in [0.29, 0.717) is 12.5 Å². The first-order valence-corrected chi connectivity index (χ1v) is 10.6. The van der Waals surface area contributed by atoms with Crippen molar-refractivity contribution in [3.63, 3.8) is 0 Å². The van der Waals surface area contributed by atoms with E-state index in [-0.39, 0.29) is 18.0 Å². The molecule has 1 amide bonds. The first kappa shape index (κ1) is 23.0. The fourth-order valence-electron chi connectivity index (χ4n) is 3.40. The van der Waals surface area contributed by atoms with Crippen LogP contribution in [0.4, 0.5) is 0 Å². The second kappa shape index (κ2) is 11.7. The Labute approximate surface area is 175 Å². The number of guanidine groups is 1. The molecule has 0 atom stereocenters. The molecule has 1 aliphatic heterocycles. The van der Waals surface area contributed by atoms with Crippen molar-refractivity contribution >= 4 is 11.9 Å². The largest absolute Gasteiger partial charge is 0.497 e. The molecule has 2 rings (SSSR count). The molecule has 7 heteroatoms. The maximum absolute atomic E-state index is 12.2. The van der Waals surface area contributed by atoms with E-state index in [4.69, 9.17) is 4.74 Å². The molecular weight excluding hydrogens is 366 g/mol. The van der Waals surface area contributed by atoms with Crippen molar-refractivity contribution < 1.29 is 9.53 Å². The zero-order valence-corrected chi connectivity index (χ0v) is 18.4. The number of aliphatic imine (C=N–C) groups is 1. The summed E-state index contributed by atoms with van der Waals surface area (Å²) in [7, 11) is 1.64. The van der Waals surface area contributed by atoms with Gasteiger partial charge in [-0.1, -0.05) is 18.6 Å². The molecule has 0 aromatic heterocycles. The molecule has 0 radical (unpaired) electrons. The van der Waals surface area contributed by atoms with E-state index >= 15 is 0 Å². The van der Waals surface area contributed by atoms with Gasteiger partial charge in [0.25, 0.3) is 0 Å². The number of carbonyl (C=O) groups is 1. The van der Waals surface area contributed by atoms with Crippen molar-refractivity contribution in [1.82, 2.24) is 20.9 Å². The topological polar surface area (TPSA) is 78.0 Å². The summed E-state index contributed by atoms with van der Waals surface area (Å²) in [6.45, 7) is 10.9. The summed E-state index contributed by atoms with van der Waals surface area (Å²) < 4.78 is 5.15. The van der Waals surface area contributed by atoms with Gasteiger partial charge < -0.3 is 20.7 Å². The fourth-order valence-corrected chi connectivity index (χ4v) is 3.40. The van der Waals surface area contributed by atoms with Crippen LogP contribution in [0, 0.1) is 0 Å². The lowest BCUT2D eigenvalue weighted by molar-refractivity contribution is -0.119. The van der Waals surface area contributed by atoms with Gasteiger partial charge in [0.05, 0.1) is 7.11 Å². The molecular formula is C22H37N5O2. The number of benzene rings is 1. The van der Waals surface area contributed by atoms with Crippen LogP contribution < -0.4 is 20.7 Å². The lowest BCUT2D eigenvalue weighted by Crippen LogP contribution is -2.55. The van der Waals surface area contributed by atoms with Crippen LogP contribution >= 0.6 is 0 Å². The van der Waals surface area contributed by atoms with Gasteiger partial charge in [-0.3, -0.25) is 9.69 Å². The summed E-state index contributed by atoms with van der Waals surface area (Å²) in [5.41, 5.74) is 1.07. The Morgan fingerprint density at radius 1 is 1.10 bits per heavy atom. The number of rotatable bonds is 9. The second-order valence-corrected chi connectivity index (χ2v) is 8.03. The third-order valence-corrected chi connectivity index (χ3v) is 5.27. The van der Waals surface area contributed by atoms with E-state index < -0.39 is 0 Å². The first-order chi connectivity index (χ1) is 13.9. The number of piperidine rings is 1. The normalized spacial score (nSPS) is 15.7. The molecule has 0 saturated carbocycles. The average molecular weight is 404 g/mol. The Hall–Kier alpha value is -2.28. The Morgan fingerprint density at radius 2 is 1.79 bits per heavy atom. The average Bonchev–Trinajstić information content (AvgIpc) is 2.75. The molecule has 1 heterocycles. The lowest BCUT2D eigenvalue weighted by atomic mass is 9.98. The number of ether oxygens (including phenoxy) is 1. The summed E-state index contributed by atoms with van der Waals surface area (Å²) in [5.74, 6) is 1.38. The molecule has 7 nitrogen and oxygen atoms in total. The summed E-state index contributed by atoms with van der Waals surface area (Å²) in [5, 5.41) is 9.54. The van der Waals surface area contributed by atoms with Crippen molar-refractivity contribution in [3.05, 3.63) is 29.8 Å². The summed E-state index contributed by atoms with van der Waals surface area (Å²) in [4.78, 5) is 19.2. The third-order valence-electron chi connectivity index (χ3n) is 5.27. The van der Waals surface area contributed by atoms with Crippen LogP contribution in [0.5, 0.6) is 5.75 Å². The number of hydrogen-bond acceptors (Lipinski definition) is 4. The molecule has 1 aliphatic rings. The van der Waals surface area contributed by atoms with Gasteiger partial charge in [0.2, 0.25) is 5.91 Å². The van der Waals surface area contributed by atoms with Gasteiger partial charge >= 0.3 is 0 Å². The highest BCUT2D eigenvalue weighted by Gasteiger charge is 2.27. The quantitative estimate of drug-likeness (QED) is 0.435. The van der Waals surface area contributed by atoms with E-state index in [1.165, 1.54) is 19.3 Å². The monoisotopic (exact) mass is 403 g/mol. The summed E-state index contributed by atoms with van der Waals surface area (Å²) >= 11 is 0. The number of nitrogens with zero attached hydrogens (tertiary/aromatic N) is 2. The second-order valence-electron chi connectivity index (χ2n) is 8.03. The van der Waals surface area contributed by atoms with Crippen LogP contribution in [-0.4, -0.2) is 62.1 Å². The first-order valence-electron chi connectivity index (χ1n) is 10.6. The van der Waals surface area contributed by atoms with Crippen LogP contribution in [0.15, 0.2) is 29.3 Å². The van der Waals surface area contributed by atoms with Crippen molar-refractivity contribution in [1.29, 1.82) is 0 Å². The molecule has 162 valence electrons. The number of nitrogens with one attached hydrogen (secondary N) is 3. The number of carbonyl (C=O) groups excluding carboxylic acids is 1. The van der Waals surface area contributed by atoms with E-state index in [2.05, 4.69) is 39.7 Å². The molecule has 0 spiro atoms. The minimum absolute atomic E-state index is 0.0488. The van der Waals surface area contributed by atoms with Crippen molar-refractivity contribution in [2.45, 2.75) is 52.1 Å². The van der Waals surface area contributed by atoms with Gasteiger partial charge in [-0.2, -0.15) is 0 Å². The molecule has 0 aliphatic carbocycles. The zero-order valence-electron chi connectivity index (χ0n) is 18.4. The predicted octanol–water partition coefficient (Wildman–Crippen LogP) is 2.13. The number of methoxy groups -OCH3 is 1. The molecule has 1 aromatic rings. The maximum Gasteiger partial charge on any atom is 0.242 e. The lowest BCUT2D eigenvalue weighted by Gasteiger charge is -2.41. The van der Waals surface area contributed by atoms with Crippen LogP contribution in [0.3, 0.4) is 0 Å². The van der Waals surface area contributed by atoms with E-state index in [1.807, 2.05) is 31.2 Å². The third kappa shape index (κ3) is 7.93. The smallest absolute Gasteiger partial charge is 0.242 e. The van der Waals surface area contributed by atoms with Crippen molar-refractivity contribution in [2.24, 2.45) is 4.99 Å². The van der Waals surface area contributed by atoms with Gasteiger partial charge in [-0.05, 0) is 64.4 Å². The summed E-state index contributed by atoms with van der Waals surface area (Å²) in [6, 6.07) is 7.65. The fraction of sp³-hybridized carbons (Fsp3) is 0.636. The number of likely N-dealkylation sites (tertiary alicyclic amines) is 1. The van der Waals surface area contributed by atoms with Gasteiger partial charge in [0.15, 0.2) is 5.96 Å². The highest BCUT2D eigenvalue weighted by Crippen LogP contribution is 2.19. The van der Waals surface area contributed by atoms with Gasteiger partial charge in [-0.25, -0.2) is 4.99 Å². The van der Waals surface area contributed by atoms with Crippen molar-refractivity contribution in [3.8, 4) is 5.75 Å². The van der Waals surface area contributed by atoms with E-state index in [0.717, 1.165) is 37.5 Å². The molecule has 1 saturated heterocycles. The van der Waals surface area contributed by atoms with Crippen LogP contribution in [-0.2, 0) is 11.3 Å². The Morgan fingerprint density at radius 3 is 2.41 bits per heavy atom. The highest BCUT2D eigenvalue weighted by atomic mass is 16.5. The van der Waals surface area contributed by atoms with Crippen LogP contribution in [0.25, 0.3) is 0 Å². The molecule has 3 N–H and O–H groups in total. The van der Waals surface area contributed by atoms with Gasteiger partial charge in [-0.15, -0.1) is 0 Å². The number of amides is 1. The Balaban J connectivity index is 1.81. The Kier molecular flexibility index (Phi) is 9.25. The molecule has 0 unspecified atom stereocenters. The van der Waals surface area contributed by atoms with Gasteiger partial charge in [0.1, 0.15) is 12.3 Å². The van der Waals surface area contributed by atoms with E-state index in [9.17, 15) is 4.79 Å². The number of hydrogen-bond donors (Lipinski definition) is 3. The Bertz CT molecular complexity index is 652. The maximum atomic E-state index is 12.2.